The maximum absolute atomic E-state index is 5.51. The Kier molecular flexibility index (Phi) is 6.86. The zero-order valence-corrected chi connectivity index (χ0v) is 11.5. The van der Waals surface area contributed by atoms with Gasteiger partial charge in [-0.05, 0) is 37.5 Å². The molecule has 1 rings (SSSR count). The van der Waals surface area contributed by atoms with E-state index in [9.17, 15) is 0 Å². The third kappa shape index (κ3) is 5.32. The molecule has 0 aromatic carbocycles. The molecule has 0 amide bonds. The lowest BCUT2D eigenvalue weighted by Crippen LogP contribution is -2.25. The van der Waals surface area contributed by atoms with E-state index in [4.69, 9.17) is 9.47 Å². The molecule has 1 saturated carbocycles. The molecule has 15 heavy (non-hydrogen) atoms. The summed E-state index contributed by atoms with van der Waals surface area (Å²) >= 11 is 3.78. The predicted molar refractivity (Wildman–Crippen MR) is 66.5 cm³/mol. The average Bonchev–Trinajstić information content (AvgIpc) is 2.23. The van der Waals surface area contributed by atoms with Crippen LogP contribution in [0.5, 0.6) is 0 Å². The Morgan fingerprint density at radius 2 is 2.00 bits per heavy atom. The van der Waals surface area contributed by atoms with E-state index in [2.05, 4.69) is 22.9 Å². The first-order chi connectivity index (χ1) is 7.24. The van der Waals surface area contributed by atoms with Crippen molar-refractivity contribution in [1.29, 1.82) is 0 Å². The topological polar surface area (TPSA) is 18.5 Å². The normalized spacial score (nSPS) is 31.8. The van der Waals surface area contributed by atoms with Gasteiger partial charge in [0.1, 0.15) is 0 Å². The largest absolute Gasteiger partial charge is 0.382 e. The van der Waals surface area contributed by atoms with Gasteiger partial charge in [-0.3, -0.25) is 0 Å². The maximum atomic E-state index is 5.51. The number of halogens is 1. The van der Waals surface area contributed by atoms with Crippen LogP contribution in [0.3, 0.4) is 0 Å². The van der Waals surface area contributed by atoms with Gasteiger partial charge in [0.05, 0.1) is 13.2 Å². The van der Waals surface area contributed by atoms with Gasteiger partial charge >= 0.3 is 0 Å². The fraction of sp³-hybridized carbons (Fsp3) is 1.00. The molecule has 0 aliphatic heterocycles. The van der Waals surface area contributed by atoms with Crippen LogP contribution in [0.4, 0.5) is 0 Å². The number of ether oxygens (including phenoxy) is 2. The van der Waals surface area contributed by atoms with E-state index in [1.807, 2.05) is 0 Å². The molecular weight excluding hydrogens is 256 g/mol. The molecule has 0 saturated heterocycles. The Balaban J connectivity index is 2.08. The lowest BCUT2D eigenvalue weighted by molar-refractivity contribution is 0.0602. The summed E-state index contributed by atoms with van der Waals surface area (Å²) < 4.78 is 10.5. The van der Waals surface area contributed by atoms with E-state index in [0.717, 1.165) is 25.0 Å². The highest BCUT2D eigenvalue weighted by Gasteiger charge is 2.26. The van der Waals surface area contributed by atoms with E-state index >= 15 is 0 Å². The Morgan fingerprint density at radius 1 is 1.20 bits per heavy atom. The molecule has 3 heteroatoms. The van der Waals surface area contributed by atoms with Crippen molar-refractivity contribution in [2.45, 2.75) is 37.4 Å². The monoisotopic (exact) mass is 278 g/mol. The number of methoxy groups -OCH3 is 1. The first-order valence-corrected chi connectivity index (χ1v) is 6.86. The number of alkyl halides is 1. The first kappa shape index (κ1) is 13.5. The predicted octanol–water partition coefficient (Wildman–Crippen LogP) is 3.24. The Labute approximate surface area is 102 Å². The molecule has 3 unspecified atom stereocenters. The van der Waals surface area contributed by atoms with Crippen molar-refractivity contribution in [3.8, 4) is 0 Å². The van der Waals surface area contributed by atoms with Crippen LogP contribution in [0.1, 0.15) is 32.6 Å². The summed E-state index contributed by atoms with van der Waals surface area (Å²) in [5.41, 5.74) is 0. The SMILES string of the molecule is COCCOCCC1CC(C)CCC1Br. The van der Waals surface area contributed by atoms with Crippen molar-refractivity contribution in [1.82, 2.24) is 0 Å². The fourth-order valence-electron chi connectivity index (χ4n) is 2.24. The minimum absolute atomic E-state index is 0.707. The molecule has 0 aromatic rings. The second-order valence-corrected chi connectivity index (χ2v) is 5.76. The number of hydrogen-bond donors (Lipinski definition) is 0. The van der Waals surface area contributed by atoms with Crippen molar-refractivity contribution >= 4 is 15.9 Å². The van der Waals surface area contributed by atoms with E-state index < -0.39 is 0 Å². The molecule has 0 bridgehead atoms. The summed E-state index contributed by atoms with van der Waals surface area (Å²) in [6.07, 6.45) is 5.23. The highest BCUT2D eigenvalue weighted by atomic mass is 79.9. The van der Waals surface area contributed by atoms with E-state index in [-0.39, 0.29) is 0 Å². The quantitative estimate of drug-likeness (QED) is 0.549. The zero-order valence-electron chi connectivity index (χ0n) is 9.88. The molecular formula is C12H23BrO2. The Morgan fingerprint density at radius 3 is 2.73 bits per heavy atom. The highest BCUT2D eigenvalue weighted by molar-refractivity contribution is 9.09. The third-order valence-corrected chi connectivity index (χ3v) is 4.42. The van der Waals surface area contributed by atoms with E-state index in [1.54, 1.807) is 7.11 Å². The standard InChI is InChI=1S/C12H23BrO2/c1-10-3-4-12(13)11(9-10)5-6-15-8-7-14-2/h10-12H,3-9H2,1-2H3. The molecule has 1 aliphatic rings. The fourth-order valence-corrected chi connectivity index (χ4v) is 2.98. The Bertz CT molecular complexity index is 164. The molecule has 3 atom stereocenters. The van der Waals surface area contributed by atoms with E-state index in [0.29, 0.717) is 11.4 Å². The van der Waals surface area contributed by atoms with Crippen LogP contribution in [0.15, 0.2) is 0 Å². The van der Waals surface area contributed by atoms with Crippen LogP contribution in [-0.2, 0) is 9.47 Å². The van der Waals surface area contributed by atoms with Gasteiger partial charge in [-0.25, -0.2) is 0 Å². The first-order valence-electron chi connectivity index (χ1n) is 5.94. The van der Waals surface area contributed by atoms with Crippen molar-refractivity contribution in [2.24, 2.45) is 11.8 Å². The summed E-state index contributed by atoms with van der Waals surface area (Å²) in [6, 6.07) is 0. The second-order valence-electron chi connectivity index (χ2n) is 4.59. The van der Waals surface area contributed by atoms with Crippen LogP contribution >= 0.6 is 15.9 Å². The molecule has 1 fully saturated rings. The van der Waals surface area contributed by atoms with Crippen molar-refractivity contribution in [3.05, 3.63) is 0 Å². The zero-order chi connectivity index (χ0) is 11.1. The van der Waals surface area contributed by atoms with Gasteiger partial charge in [-0.2, -0.15) is 0 Å². The van der Waals surface area contributed by atoms with Crippen molar-refractivity contribution in [2.75, 3.05) is 26.9 Å². The summed E-state index contributed by atoms with van der Waals surface area (Å²) in [6.45, 7) is 4.67. The van der Waals surface area contributed by atoms with Gasteiger partial charge in [0.15, 0.2) is 0 Å². The van der Waals surface area contributed by atoms with Gasteiger partial charge in [-0.1, -0.05) is 22.9 Å². The molecule has 0 aromatic heterocycles. The molecule has 0 spiro atoms. The average molecular weight is 279 g/mol. The van der Waals surface area contributed by atoms with E-state index in [1.165, 1.54) is 25.7 Å². The maximum Gasteiger partial charge on any atom is 0.0700 e. The van der Waals surface area contributed by atoms with Crippen LogP contribution in [0.2, 0.25) is 0 Å². The van der Waals surface area contributed by atoms with Gasteiger partial charge in [-0.15, -0.1) is 0 Å². The summed E-state index contributed by atoms with van der Waals surface area (Å²) in [4.78, 5) is 0.708. The van der Waals surface area contributed by atoms with Crippen molar-refractivity contribution < 1.29 is 9.47 Å². The highest BCUT2D eigenvalue weighted by Crippen LogP contribution is 2.35. The second kappa shape index (κ2) is 7.64. The molecule has 90 valence electrons. The minimum atomic E-state index is 0.707. The lowest BCUT2D eigenvalue weighted by atomic mass is 9.81. The lowest BCUT2D eigenvalue weighted by Gasteiger charge is -2.31. The third-order valence-electron chi connectivity index (χ3n) is 3.22. The Hall–Kier alpha value is 0.400. The summed E-state index contributed by atoms with van der Waals surface area (Å²) in [5, 5.41) is 0. The molecule has 1 aliphatic carbocycles. The summed E-state index contributed by atoms with van der Waals surface area (Å²) in [5.74, 6) is 1.69. The van der Waals surface area contributed by atoms with Gasteiger partial charge in [0.25, 0.3) is 0 Å². The molecule has 0 N–H and O–H groups in total. The molecule has 0 heterocycles. The number of hydrogen-bond acceptors (Lipinski definition) is 2. The smallest absolute Gasteiger partial charge is 0.0700 e. The van der Waals surface area contributed by atoms with Crippen LogP contribution in [-0.4, -0.2) is 31.8 Å². The molecule has 2 nitrogen and oxygen atoms in total. The number of rotatable bonds is 6. The van der Waals surface area contributed by atoms with Crippen molar-refractivity contribution in [3.63, 3.8) is 0 Å². The van der Waals surface area contributed by atoms with Gasteiger partial charge < -0.3 is 9.47 Å². The van der Waals surface area contributed by atoms with Gasteiger partial charge in [0, 0.05) is 18.5 Å². The minimum Gasteiger partial charge on any atom is -0.382 e. The summed E-state index contributed by atoms with van der Waals surface area (Å²) in [7, 11) is 1.71. The van der Waals surface area contributed by atoms with Crippen LogP contribution < -0.4 is 0 Å². The van der Waals surface area contributed by atoms with Crippen LogP contribution in [0, 0.1) is 11.8 Å². The van der Waals surface area contributed by atoms with Gasteiger partial charge in [0.2, 0.25) is 0 Å². The molecule has 0 radical (unpaired) electrons. The van der Waals surface area contributed by atoms with Crippen LogP contribution in [0.25, 0.3) is 0 Å².